The van der Waals surface area contributed by atoms with Crippen molar-refractivity contribution in [3.63, 3.8) is 0 Å². The molecule has 0 saturated carbocycles. The summed E-state index contributed by atoms with van der Waals surface area (Å²) in [6.07, 6.45) is 4.02. The number of para-hydroxylation sites is 2. The third-order valence-corrected chi connectivity index (χ3v) is 5.11. The fraction of sp³-hybridized carbons (Fsp3) is 0.381. The van der Waals surface area contributed by atoms with E-state index in [2.05, 4.69) is 12.2 Å². The highest BCUT2D eigenvalue weighted by Gasteiger charge is 2.09. The first kappa shape index (κ1) is 21.8. The summed E-state index contributed by atoms with van der Waals surface area (Å²) in [6.45, 7) is 3.08. The number of sulfone groups is 1. The average Bonchev–Trinajstić information content (AvgIpc) is 2.66. The fourth-order valence-corrected chi connectivity index (χ4v) is 3.07. The van der Waals surface area contributed by atoms with E-state index in [0.717, 1.165) is 19.1 Å². The van der Waals surface area contributed by atoms with Crippen molar-refractivity contribution in [1.29, 1.82) is 0 Å². The molecule has 1 N–H and O–H groups in total. The minimum absolute atomic E-state index is 0.109. The highest BCUT2D eigenvalue weighted by molar-refractivity contribution is 7.90. The van der Waals surface area contributed by atoms with Crippen LogP contribution in [0.15, 0.2) is 53.4 Å². The quantitative estimate of drug-likeness (QED) is 0.570. The maximum Gasteiger partial charge on any atom is 0.224 e. The van der Waals surface area contributed by atoms with Crippen LogP contribution in [0.4, 0.5) is 5.69 Å². The van der Waals surface area contributed by atoms with E-state index in [1.165, 1.54) is 12.1 Å². The van der Waals surface area contributed by atoms with Gasteiger partial charge in [0.15, 0.2) is 9.84 Å². The number of amides is 1. The predicted molar refractivity (Wildman–Crippen MR) is 110 cm³/mol. The first-order valence-corrected chi connectivity index (χ1v) is 11.2. The lowest BCUT2D eigenvalue weighted by Gasteiger charge is -2.12. The zero-order chi connectivity index (χ0) is 20.4. The van der Waals surface area contributed by atoms with Gasteiger partial charge in [-0.2, -0.15) is 0 Å². The van der Waals surface area contributed by atoms with Gasteiger partial charge in [-0.3, -0.25) is 4.79 Å². The van der Waals surface area contributed by atoms with Crippen LogP contribution in [0.1, 0.15) is 32.6 Å². The van der Waals surface area contributed by atoms with Gasteiger partial charge >= 0.3 is 0 Å². The molecule has 0 radical (unpaired) electrons. The van der Waals surface area contributed by atoms with Crippen molar-refractivity contribution >= 4 is 21.4 Å². The van der Waals surface area contributed by atoms with Crippen LogP contribution in [0, 0.1) is 0 Å². The van der Waals surface area contributed by atoms with Crippen molar-refractivity contribution < 1.29 is 22.7 Å². The van der Waals surface area contributed by atoms with E-state index in [1.54, 1.807) is 12.1 Å². The van der Waals surface area contributed by atoms with Gasteiger partial charge in [0.05, 0.1) is 23.8 Å². The Bertz CT molecular complexity index is 863. The summed E-state index contributed by atoms with van der Waals surface area (Å²) in [5, 5.41) is 2.87. The SMILES string of the molecule is CCCCOc1ccccc1NC(=O)CCCOc1ccc(S(C)(=O)=O)cc1. The number of carbonyl (C=O) groups is 1. The zero-order valence-corrected chi connectivity index (χ0v) is 17.1. The van der Waals surface area contributed by atoms with Crippen molar-refractivity contribution in [2.75, 3.05) is 24.8 Å². The molecule has 1 amide bonds. The number of ether oxygens (including phenoxy) is 2. The molecular formula is C21H27NO5S. The maximum atomic E-state index is 12.2. The second-order valence-corrected chi connectivity index (χ2v) is 8.46. The summed E-state index contributed by atoms with van der Waals surface area (Å²) in [6, 6.07) is 13.6. The lowest BCUT2D eigenvalue weighted by atomic mass is 10.2. The topological polar surface area (TPSA) is 81.7 Å². The molecule has 0 heterocycles. The number of hydrogen-bond acceptors (Lipinski definition) is 5. The molecule has 6 nitrogen and oxygen atoms in total. The first-order valence-electron chi connectivity index (χ1n) is 9.34. The molecule has 28 heavy (non-hydrogen) atoms. The third-order valence-electron chi connectivity index (χ3n) is 3.99. The Labute approximate surface area is 166 Å². The Morgan fingerprint density at radius 1 is 0.964 bits per heavy atom. The summed E-state index contributed by atoms with van der Waals surface area (Å²) < 4.78 is 34.1. The highest BCUT2D eigenvalue weighted by Crippen LogP contribution is 2.24. The Kier molecular flexibility index (Phi) is 8.32. The molecule has 0 unspecified atom stereocenters. The lowest BCUT2D eigenvalue weighted by Crippen LogP contribution is -2.14. The monoisotopic (exact) mass is 405 g/mol. The molecule has 0 aliphatic rings. The Morgan fingerprint density at radius 3 is 2.32 bits per heavy atom. The largest absolute Gasteiger partial charge is 0.494 e. The number of carbonyl (C=O) groups excluding carboxylic acids is 1. The zero-order valence-electron chi connectivity index (χ0n) is 16.3. The molecule has 2 aromatic carbocycles. The molecule has 0 aromatic heterocycles. The molecule has 0 saturated heterocycles. The number of nitrogens with one attached hydrogen (secondary N) is 1. The smallest absolute Gasteiger partial charge is 0.224 e. The van der Waals surface area contributed by atoms with Crippen molar-refractivity contribution in [1.82, 2.24) is 0 Å². The van der Waals surface area contributed by atoms with Crippen LogP contribution in [0.5, 0.6) is 11.5 Å². The van der Waals surface area contributed by atoms with Crippen molar-refractivity contribution in [3.8, 4) is 11.5 Å². The molecule has 0 aliphatic carbocycles. The van der Waals surface area contributed by atoms with Gasteiger partial charge in [-0.15, -0.1) is 0 Å². The van der Waals surface area contributed by atoms with Crippen LogP contribution in [0.2, 0.25) is 0 Å². The minimum Gasteiger partial charge on any atom is -0.494 e. The number of anilines is 1. The van der Waals surface area contributed by atoms with Gasteiger partial charge in [0.1, 0.15) is 11.5 Å². The van der Waals surface area contributed by atoms with Crippen LogP contribution in [0.25, 0.3) is 0 Å². The molecule has 0 aliphatic heterocycles. The third kappa shape index (κ3) is 7.23. The molecule has 0 spiro atoms. The van der Waals surface area contributed by atoms with E-state index in [4.69, 9.17) is 9.47 Å². The van der Waals surface area contributed by atoms with Crippen molar-refractivity contribution in [2.24, 2.45) is 0 Å². The van der Waals surface area contributed by atoms with Crippen LogP contribution < -0.4 is 14.8 Å². The van der Waals surface area contributed by atoms with E-state index in [9.17, 15) is 13.2 Å². The minimum atomic E-state index is -3.22. The predicted octanol–water partition coefficient (Wildman–Crippen LogP) is 4.07. The van der Waals surface area contributed by atoms with Crippen LogP contribution >= 0.6 is 0 Å². The molecule has 152 valence electrons. The highest BCUT2D eigenvalue weighted by atomic mass is 32.2. The van der Waals surface area contributed by atoms with Crippen LogP contribution in [-0.2, 0) is 14.6 Å². The molecule has 0 atom stereocenters. The van der Waals surface area contributed by atoms with Gasteiger partial charge in [-0.25, -0.2) is 8.42 Å². The second kappa shape index (κ2) is 10.7. The van der Waals surface area contributed by atoms with Crippen molar-refractivity contribution in [2.45, 2.75) is 37.5 Å². The Balaban J connectivity index is 1.76. The van der Waals surface area contributed by atoms with Gasteiger partial charge in [-0.05, 0) is 49.2 Å². The molecule has 2 aromatic rings. The summed E-state index contributed by atoms with van der Waals surface area (Å²) in [7, 11) is -3.22. The molecule has 0 bridgehead atoms. The van der Waals surface area contributed by atoms with Gasteiger partial charge in [-0.1, -0.05) is 25.5 Å². The maximum absolute atomic E-state index is 12.2. The van der Waals surface area contributed by atoms with E-state index in [-0.39, 0.29) is 10.8 Å². The lowest BCUT2D eigenvalue weighted by molar-refractivity contribution is -0.116. The van der Waals surface area contributed by atoms with Gasteiger partial charge in [0.2, 0.25) is 5.91 Å². The summed E-state index contributed by atoms with van der Waals surface area (Å²) in [5.41, 5.74) is 0.667. The number of unbranched alkanes of at least 4 members (excludes halogenated alkanes) is 1. The fourth-order valence-electron chi connectivity index (χ4n) is 2.44. The molecular weight excluding hydrogens is 378 g/mol. The second-order valence-electron chi connectivity index (χ2n) is 6.44. The first-order chi connectivity index (χ1) is 13.4. The van der Waals surface area contributed by atoms with E-state index < -0.39 is 9.84 Å². The molecule has 2 rings (SSSR count). The Morgan fingerprint density at radius 2 is 1.64 bits per heavy atom. The standard InChI is InChI=1S/C21H27NO5S/c1-3-4-15-27-20-9-6-5-8-19(20)22-21(23)10-7-16-26-17-11-13-18(14-12-17)28(2,24)25/h5-6,8-9,11-14H,3-4,7,10,15-16H2,1-2H3,(H,22,23). The van der Waals surface area contributed by atoms with Crippen molar-refractivity contribution in [3.05, 3.63) is 48.5 Å². The summed E-state index contributed by atoms with van der Waals surface area (Å²) >= 11 is 0. The summed E-state index contributed by atoms with van der Waals surface area (Å²) in [5.74, 6) is 1.14. The average molecular weight is 406 g/mol. The normalized spacial score (nSPS) is 11.1. The Hall–Kier alpha value is -2.54. The van der Waals surface area contributed by atoms with Gasteiger partial charge < -0.3 is 14.8 Å². The van der Waals surface area contributed by atoms with E-state index in [1.807, 2.05) is 24.3 Å². The molecule has 0 fully saturated rings. The van der Waals surface area contributed by atoms with Gasteiger partial charge in [0, 0.05) is 12.7 Å². The van der Waals surface area contributed by atoms with Crippen LogP contribution in [-0.4, -0.2) is 33.8 Å². The summed E-state index contributed by atoms with van der Waals surface area (Å²) in [4.78, 5) is 12.4. The molecule has 7 heteroatoms. The van der Waals surface area contributed by atoms with E-state index in [0.29, 0.717) is 43.2 Å². The van der Waals surface area contributed by atoms with Crippen LogP contribution in [0.3, 0.4) is 0 Å². The number of rotatable bonds is 11. The van der Waals surface area contributed by atoms with Gasteiger partial charge in [0.25, 0.3) is 0 Å². The number of hydrogen-bond donors (Lipinski definition) is 1. The van der Waals surface area contributed by atoms with E-state index >= 15 is 0 Å². The number of benzene rings is 2.